The molecule has 4 heavy (non-hydrogen) atoms. The first kappa shape index (κ1) is 15.8. The molecule has 0 heterocycles. The Bertz CT molecular complexity index is 11.6. The van der Waals surface area contributed by atoms with E-state index >= 15 is 0 Å². The standard InChI is InChI=1S/Cu.K.O.Zr.H/q;+1;;;-1. The minimum atomic E-state index is 0. The van der Waals surface area contributed by atoms with Gasteiger partial charge in [-0.25, -0.2) is 0 Å². The van der Waals surface area contributed by atoms with Crippen LogP contribution in [0, 0.1) is 0 Å². The van der Waals surface area contributed by atoms with Gasteiger partial charge in [-0.1, -0.05) is 0 Å². The zero-order valence-corrected chi connectivity index (χ0v) is 8.73. The van der Waals surface area contributed by atoms with Crippen molar-refractivity contribution in [1.29, 1.82) is 0 Å². The van der Waals surface area contributed by atoms with Gasteiger partial charge in [-0.3, -0.25) is 0 Å². The van der Waals surface area contributed by atoms with Crippen LogP contribution in [0.1, 0.15) is 1.43 Å². The molecule has 0 aliphatic heterocycles. The van der Waals surface area contributed by atoms with Crippen molar-refractivity contribution in [3.8, 4) is 0 Å². The van der Waals surface area contributed by atoms with Crippen LogP contribution in [-0.2, 0) is 44.6 Å². The topological polar surface area (TPSA) is 17.1 Å². The predicted molar refractivity (Wildman–Crippen MR) is 1.80 cm³/mol. The van der Waals surface area contributed by atoms with Crippen LogP contribution in [0.3, 0.4) is 0 Å². The number of rotatable bonds is 0. The molecule has 0 amide bonds. The van der Waals surface area contributed by atoms with E-state index in [0.29, 0.717) is 24.7 Å². The summed E-state index contributed by atoms with van der Waals surface area (Å²) in [7, 11) is 0. The molecule has 0 aliphatic carbocycles. The van der Waals surface area contributed by atoms with E-state index in [0.717, 1.165) is 0 Å². The van der Waals surface area contributed by atoms with Gasteiger partial charge in [0, 0.05) is 17.1 Å². The molecule has 0 aromatic carbocycles. The van der Waals surface area contributed by atoms with Gasteiger partial charge in [-0.2, -0.15) is 0 Å². The van der Waals surface area contributed by atoms with Crippen molar-refractivity contribution in [2.45, 2.75) is 0 Å². The molecule has 0 unspecified atom stereocenters. The van der Waals surface area contributed by atoms with Gasteiger partial charge >= 0.3 is 78.9 Å². The van der Waals surface area contributed by atoms with E-state index in [-0.39, 0.29) is 69.9 Å². The molecule has 0 aliphatic rings. The molecule has 0 saturated carbocycles. The van der Waals surface area contributed by atoms with Crippen molar-refractivity contribution in [3.63, 3.8) is 0 Å². The molecule has 0 aromatic heterocycles. The van der Waals surface area contributed by atoms with E-state index in [1.807, 2.05) is 0 Å². The maximum atomic E-state index is 8.34. The van der Waals surface area contributed by atoms with E-state index in [1.165, 1.54) is 0 Å². The molecular weight excluding hydrogens is 210 g/mol. The van der Waals surface area contributed by atoms with Gasteiger partial charge in [0.15, 0.2) is 0 Å². The molecule has 4 heteroatoms. The summed E-state index contributed by atoms with van der Waals surface area (Å²) in [6.45, 7) is 0. The first-order valence-electron chi connectivity index (χ1n) is 0.204. The summed E-state index contributed by atoms with van der Waals surface area (Å²) >= 11 is 0.300. The van der Waals surface area contributed by atoms with Gasteiger partial charge < -0.3 is 1.43 Å². The van der Waals surface area contributed by atoms with Crippen molar-refractivity contribution in [2.75, 3.05) is 0 Å². The normalized spacial score (nSPS) is 0.750. The second-order valence-electron chi connectivity index (χ2n) is 0. The Balaban J connectivity index is -0.00000000167. The Kier molecular flexibility index (Phi) is 67.1. The monoisotopic (exact) mass is 209 g/mol. The van der Waals surface area contributed by atoms with E-state index in [9.17, 15) is 0 Å². The molecule has 23 valence electrons. The van der Waals surface area contributed by atoms with Crippen LogP contribution in [0.2, 0.25) is 0 Å². The van der Waals surface area contributed by atoms with Crippen LogP contribution in [-0.4, -0.2) is 0 Å². The summed E-state index contributed by atoms with van der Waals surface area (Å²) in [5.41, 5.74) is 0. The summed E-state index contributed by atoms with van der Waals surface area (Å²) < 4.78 is 8.34. The summed E-state index contributed by atoms with van der Waals surface area (Å²) in [5, 5.41) is 0. The molecule has 0 spiro atoms. The molecule has 1 radical (unpaired) electrons. The predicted octanol–water partition coefficient (Wildman–Crippen LogP) is -3.01. The van der Waals surface area contributed by atoms with Crippen molar-refractivity contribution in [2.24, 2.45) is 0 Å². The third kappa shape index (κ3) is 8.85. The first-order chi connectivity index (χ1) is 1.00. The van der Waals surface area contributed by atoms with Crippen LogP contribution in [0.5, 0.6) is 0 Å². The SMILES string of the molecule is [Cu].[H-].[K+].[O]=[Zr]. The summed E-state index contributed by atoms with van der Waals surface area (Å²) in [5.74, 6) is 0. The molecule has 0 bridgehead atoms. The van der Waals surface area contributed by atoms with Gasteiger partial charge in [0.1, 0.15) is 0 Å². The Morgan fingerprint density at radius 1 is 1.50 bits per heavy atom. The Morgan fingerprint density at radius 2 is 1.50 bits per heavy atom. The fraction of sp³-hybridized carbons (Fsp3) is 0. The molecule has 0 aromatic rings. The van der Waals surface area contributed by atoms with Gasteiger partial charge in [-0.05, 0) is 0 Å². The van der Waals surface area contributed by atoms with Gasteiger partial charge in [0.2, 0.25) is 0 Å². The third-order valence-electron chi connectivity index (χ3n) is 0. The molecule has 0 atom stereocenters. The number of hydrogen-bond acceptors (Lipinski definition) is 1. The summed E-state index contributed by atoms with van der Waals surface area (Å²) in [6.07, 6.45) is 0. The molecule has 1 nitrogen and oxygen atoms in total. The quantitative estimate of drug-likeness (QED) is 0.390. The zero-order chi connectivity index (χ0) is 2.00. The second-order valence-corrected chi connectivity index (χ2v) is 0. The zero-order valence-electron chi connectivity index (χ0n) is 3.21. The van der Waals surface area contributed by atoms with Crippen LogP contribution < -0.4 is 51.4 Å². The van der Waals surface area contributed by atoms with Crippen LogP contribution >= 0.6 is 0 Å². The molecule has 0 N–H and O–H groups in total. The van der Waals surface area contributed by atoms with E-state index < -0.39 is 0 Å². The van der Waals surface area contributed by atoms with Crippen LogP contribution in [0.4, 0.5) is 0 Å². The van der Waals surface area contributed by atoms with Crippen molar-refractivity contribution in [1.82, 2.24) is 0 Å². The summed E-state index contributed by atoms with van der Waals surface area (Å²) in [4.78, 5) is 0. The minimum absolute atomic E-state index is 0. The van der Waals surface area contributed by atoms with Crippen molar-refractivity contribution in [3.05, 3.63) is 0 Å². The Labute approximate surface area is 95.0 Å². The molecule has 0 rings (SSSR count). The summed E-state index contributed by atoms with van der Waals surface area (Å²) in [6, 6.07) is 0. The fourth-order valence-corrected chi connectivity index (χ4v) is 0. The Hall–Kier alpha value is 2.84. The Morgan fingerprint density at radius 3 is 1.50 bits per heavy atom. The second kappa shape index (κ2) is 17.0. The number of hydrogen-bond donors (Lipinski definition) is 0. The fourth-order valence-electron chi connectivity index (χ4n) is 0. The maximum absolute atomic E-state index is 8.34. The molecule has 0 saturated heterocycles. The van der Waals surface area contributed by atoms with Gasteiger partial charge in [0.25, 0.3) is 0 Å². The van der Waals surface area contributed by atoms with E-state index in [4.69, 9.17) is 2.81 Å². The van der Waals surface area contributed by atoms with Crippen molar-refractivity contribution < 1.29 is 97.4 Å². The first-order valence-corrected chi connectivity index (χ1v) is 1.21. The van der Waals surface area contributed by atoms with E-state index in [2.05, 4.69) is 0 Å². The van der Waals surface area contributed by atoms with Crippen LogP contribution in [0.25, 0.3) is 0 Å². The molecule has 0 fully saturated rings. The third-order valence-corrected chi connectivity index (χ3v) is 0. The van der Waals surface area contributed by atoms with Gasteiger partial charge in [-0.15, -0.1) is 0 Å². The average Bonchev–Trinajstić information content (AvgIpc) is 1.00. The van der Waals surface area contributed by atoms with Crippen LogP contribution in [0.15, 0.2) is 0 Å². The average molecular weight is 211 g/mol. The van der Waals surface area contributed by atoms with Gasteiger partial charge in [0.05, 0.1) is 0 Å². The van der Waals surface area contributed by atoms with E-state index in [1.54, 1.807) is 0 Å². The van der Waals surface area contributed by atoms with Crippen molar-refractivity contribution >= 4 is 0 Å². The molecular formula is HCuKOZr.